The van der Waals surface area contributed by atoms with Crippen molar-refractivity contribution in [3.63, 3.8) is 0 Å². The summed E-state index contributed by atoms with van der Waals surface area (Å²) in [6.07, 6.45) is 0. The third-order valence-electron chi connectivity index (χ3n) is 2.70. The Hall–Kier alpha value is -2.39. The van der Waals surface area contributed by atoms with Gasteiger partial charge in [0.1, 0.15) is 0 Å². The van der Waals surface area contributed by atoms with E-state index in [1.54, 1.807) is 30.3 Å². The largest absolute Gasteiger partial charge is 0.381 e. The lowest BCUT2D eigenvalue weighted by molar-refractivity contribution is -0.385. The molecule has 20 heavy (non-hydrogen) atoms. The van der Waals surface area contributed by atoms with Crippen LogP contribution in [0.1, 0.15) is 11.1 Å². The topological polar surface area (TPSA) is 79.0 Å². The Morgan fingerprint density at radius 2 is 2.10 bits per heavy atom. The van der Waals surface area contributed by atoms with Gasteiger partial charge in [0, 0.05) is 18.3 Å². The molecule has 0 aliphatic carbocycles. The normalized spacial score (nSPS) is 9.80. The summed E-state index contributed by atoms with van der Waals surface area (Å²) in [5, 5.41) is 22.8. The lowest BCUT2D eigenvalue weighted by atomic mass is 10.2. The summed E-state index contributed by atoms with van der Waals surface area (Å²) in [7, 11) is 0. The molecule has 0 heterocycles. The molecule has 6 heteroatoms. The lowest BCUT2D eigenvalue weighted by Crippen LogP contribution is -2.00. The summed E-state index contributed by atoms with van der Waals surface area (Å²) >= 11 is 3.15. The first-order valence-corrected chi connectivity index (χ1v) is 6.56. The molecule has 0 aliphatic heterocycles. The summed E-state index contributed by atoms with van der Waals surface area (Å²) in [6.45, 7) is 0.447. The summed E-state index contributed by atoms with van der Waals surface area (Å²) in [6, 6.07) is 14.1. The Balaban J connectivity index is 2.13. The van der Waals surface area contributed by atoms with Gasteiger partial charge in [0.2, 0.25) is 0 Å². The van der Waals surface area contributed by atoms with E-state index in [1.807, 2.05) is 6.07 Å². The number of nitro benzene ring substituents is 1. The number of nitrogens with one attached hydrogen (secondary N) is 1. The quantitative estimate of drug-likeness (QED) is 0.681. The molecule has 1 N–H and O–H groups in total. The van der Waals surface area contributed by atoms with Gasteiger partial charge >= 0.3 is 0 Å². The number of benzene rings is 2. The molecular formula is C14H10BrN3O2. The van der Waals surface area contributed by atoms with E-state index in [0.29, 0.717) is 16.6 Å². The van der Waals surface area contributed by atoms with Gasteiger partial charge in [-0.3, -0.25) is 10.1 Å². The van der Waals surface area contributed by atoms with Crippen molar-refractivity contribution in [1.82, 2.24) is 0 Å². The molecule has 0 radical (unpaired) electrons. The van der Waals surface area contributed by atoms with E-state index in [1.165, 1.54) is 6.07 Å². The van der Waals surface area contributed by atoms with Gasteiger partial charge in [-0.05, 0) is 45.8 Å². The van der Waals surface area contributed by atoms with Crippen LogP contribution >= 0.6 is 15.9 Å². The van der Waals surface area contributed by atoms with Crippen molar-refractivity contribution < 1.29 is 4.92 Å². The van der Waals surface area contributed by atoms with Gasteiger partial charge < -0.3 is 5.32 Å². The highest BCUT2D eigenvalue weighted by atomic mass is 79.9. The summed E-state index contributed by atoms with van der Waals surface area (Å²) in [4.78, 5) is 10.4. The van der Waals surface area contributed by atoms with E-state index in [2.05, 4.69) is 27.3 Å². The zero-order valence-corrected chi connectivity index (χ0v) is 11.9. The predicted molar refractivity (Wildman–Crippen MR) is 79.3 cm³/mol. The number of halogens is 1. The second-order valence-electron chi connectivity index (χ2n) is 4.09. The first-order valence-electron chi connectivity index (χ1n) is 5.77. The van der Waals surface area contributed by atoms with Crippen LogP contribution in [-0.4, -0.2) is 4.92 Å². The summed E-state index contributed by atoms with van der Waals surface area (Å²) < 4.78 is 0.456. The summed E-state index contributed by atoms with van der Waals surface area (Å²) in [5.41, 5.74) is 2.20. The molecule has 2 rings (SSSR count). The van der Waals surface area contributed by atoms with Crippen molar-refractivity contribution >= 4 is 27.3 Å². The maximum absolute atomic E-state index is 10.9. The molecule has 0 atom stereocenters. The molecule has 0 saturated carbocycles. The van der Waals surface area contributed by atoms with Gasteiger partial charge in [-0.1, -0.05) is 12.1 Å². The van der Waals surface area contributed by atoms with Crippen molar-refractivity contribution in [2.75, 3.05) is 5.32 Å². The smallest absolute Gasteiger partial charge is 0.283 e. The van der Waals surface area contributed by atoms with Gasteiger partial charge in [0.25, 0.3) is 5.69 Å². The second-order valence-corrected chi connectivity index (χ2v) is 4.94. The van der Waals surface area contributed by atoms with Crippen LogP contribution in [0, 0.1) is 21.4 Å². The number of nitriles is 1. The first-order chi connectivity index (χ1) is 9.60. The third-order valence-corrected chi connectivity index (χ3v) is 3.37. The van der Waals surface area contributed by atoms with Crippen LogP contribution < -0.4 is 5.32 Å². The standard InChI is InChI=1S/C14H10BrN3O2/c15-13-5-4-11(7-14(13)18(19)20)9-17-12-3-1-2-10(6-12)8-16/h1-7,17H,9H2. The molecule has 0 bridgehead atoms. The van der Waals surface area contributed by atoms with E-state index in [0.717, 1.165) is 11.3 Å². The van der Waals surface area contributed by atoms with E-state index < -0.39 is 4.92 Å². The number of nitro groups is 1. The molecule has 2 aromatic carbocycles. The number of nitrogens with zero attached hydrogens (tertiary/aromatic N) is 2. The van der Waals surface area contributed by atoms with Crippen LogP contribution in [0.3, 0.4) is 0 Å². The molecule has 0 unspecified atom stereocenters. The van der Waals surface area contributed by atoms with Gasteiger partial charge in [-0.15, -0.1) is 0 Å². The van der Waals surface area contributed by atoms with Gasteiger partial charge in [-0.2, -0.15) is 5.26 Å². The molecule has 0 aliphatic rings. The minimum atomic E-state index is -0.427. The van der Waals surface area contributed by atoms with Crippen LogP contribution in [0.2, 0.25) is 0 Å². The highest BCUT2D eigenvalue weighted by Gasteiger charge is 2.11. The van der Waals surface area contributed by atoms with Crippen molar-refractivity contribution in [3.05, 3.63) is 68.2 Å². The number of anilines is 1. The molecule has 0 spiro atoms. The van der Waals surface area contributed by atoms with Crippen molar-refractivity contribution in [2.45, 2.75) is 6.54 Å². The SMILES string of the molecule is N#Cc1cccc(NCc2ccc(Br)c([N+](=O)[O-])c2)c1. The Bertz CT molecular complexity index is 695. The molecule has 5 nitrogen and oxygen atoms in total. The maximum Gasteiger partial charge on any atom is 0.283 e. The average Bonchev–Trinajstić information content (AvgIpc) is 2.46. The minimum Gasteiger partial charge on any atom is -0.381 e. The van der Waals surface area contributed by atoms with Crippen molar-refractivity contribution in [3.8, 4) is 6.07 Å². The van der Waals surface area contributed by atoms with E-state index in [9.17, 15) is 10.1 Å². The molecule has 0 fully saturated rings. The van der Waals surface area contributed by atoms with E-state index in [4.69, 9.17) is 5.26 Å². The molecule has 100 valence electrons. The molecule has 0 amide bonds. The van der Waals surface area contributed by atoms with Crippen LogP contribution in [0.25, 0.3) is 0 Å². The molecule has 0 saturated heterocycles. The average molecular weight is 332 g/mol. The van der Waals surface area contributed by atoms with E-state index >= 15 is 0 Å². The second kappa shape index (κ2) is 6.17. The molecule has 0 aromatic heterocycles. The zero-order valence-electron chi connectivity index (χ0n) is 10.3. The molecule has 2 aromatic rings. The zero-order chi connectivity index (χ0) is 14.5. The van der Waals surface area contributed by atoms with Gasteiger partial charge in [0.05, 0.1) is 21.0 Å². The maximum atomic E-state index is 10.9. The Kier molecular flexibility index (Phi) is 4.33. The first kappa shape index (κ1) is 14.0. The molecular weight excluding hydrogens is 322 g/mol. The number of rotatable bonds is 4. The lowest BCUT2D eigenvalue weighted by Gasteiger charge is -2.07. The fourth-order valence-corrected chi connectivity index (χ4v) is 2.10. The predicted octanol–water partition coefficient (Wildman–Crippen LogP) is 3.84. The van der Waals surface area contributed by atoms with Crippen molar-refractivity contribution in [1.29, 1.82) is 5.26 Å². The van der Waals surface area contributed by atoms with Gasteiger partial charge in [-0.25, -0.2) is 0 Å². The van der Waals surface area contributed by atoms with Crippen LogP contribution in [0.4, 0.5) is 11.4 Å². The van der Waals surface area contributed by atoms with Gasteiger partial charge in [0.15, 0.2) is 0 Å². The van der Waals surface area contributed by atoms with Crippen LogP contribution in [-0.2, 0) is 6.54 Å². The summed E-state index contributed by atoms with van der Waals surface area (Å²) in [5.74, 6) is 0. The minimum absolute atomic E-state index is 0.0371. The fourth-order valence-electron chi connectivity index (χ4n) is 1.71. The fraction of sp³-hybridized carbons (Fsp3) is 0.0714. The van der Waals surface area contributed by atoms with Crippen LogP contribution in [0.5, 0.6) is 0 Å². The third kappa shape index (κ3) is 3.33. The Morgan fingerprint density at radius 3 is 2.80 bits per heavy atom. The number of hydrogen-bond acceptors (Lipinski definition) is 4. The highest BCUT2D eigenvalue weighted by Crippen LogP contribution is 2.26. The Labute approximate surface area is 124 Å². The van der Waals surface area contributed by atoms with Crippen molar-refractivity contribution in [2.24, 2.45) is 0 Å². The Morgan fingerprint density at radius 1 is 1.30 bits per heavy atom. The van der Waals surface area contributed by atoms with E-state index in [-0.39, 0.29) is 5.69 Å². The number of hydrogen-bond donors (Lipinski definition) is 1. The monoisotopic (exact) mass is 331 g/mol. The highest BCUT2D eigenvalue weighted by molar-refractivity contribution is 9.10. The van der Waals surface area contributed by atoms with Crippen LogP contribution in [0.15, 0.2) is 46.9 Å².